The quantitative estimate of drug-likeness (QED) is 0.821. The largest absolute Gasteiger partial charge is 0.468 e. The van der Waals surface area contributed by atoms with Crippen molar-refractivity contribution < 1.29 is 14.3 Å². The molecule has 114 valence electrons. The second-order valence-electron chi connectivity index (χ2n) is 5.79. The molecule has 5 heteroatoms. The van der Waals surface area contributed by atoms with Crippen molar-refractivity contribution in [1.82, 2.24) is 10.9 Å². The Labute approximate surface area is 125 Å². The minimum atomic E-state index is -0.227. The van der Waals surface area contributed by atoms with Gasteiger partial charge >= 0.3 is 5.97 Å². The van der Waals surface area contributed by atoms with Gasteiger partial charge in [-0.1, -0.05) is 30.3 Å². The predicted molar refractivity (Wildman–Crippen MR) is 78.2 cm³/mol. The summed E-state index contributed by atoms with van der Waals surface area (Å²) in [6.07, 6.45) is 3.14. The molecule has 1 saturated carbocycles. The zero-order valence-electron chi connectivity index (χ0n) is 12.2. The molecule has 1 aliphatic carbocycles. The molecule has 1 saturated heterocycles. The summed E-state index contributed by atoms with van der Waals surface area (Å²) >= 11 is 0. The van der Waals surface area contributed by atoms with Crippen LogP contribution < -0.4 is 10.9 Å². The zero-order valence-corrected chi connectivity index (χ0v) is 12.2. The van der Waals surface area contributed by atoms with Crippen molar-refractivity contribution in [2.45, 2.75) is 44.1 Å². The van der Waals surface area contributed by atoms with Gasteiger partial charge in [-0.25, -0.2) is 5.43 Å². The highest BCUT2D eigenvalue weighted by Gasteiger charge is 2.44. The number of hydrogen-bond donors (Lipinski definition) is 2. The van der Waals surface area contributed by atoms with Crippen molar-refractivity contribution in [2.24, 2.45) is 5.92 Å². The Kier molecular flexibility index (Phi) is 4.53. The van der Waals surface area contributed by atoms with Gasteiger partial charge in [0.25, 0.3) is 0 Å². The van der Waals surface area contributed by atoms with Gasteiger partial charge in [0, 0.05) is 12.0 Å². The fraction of sp³-hybridized carbons (Fsp3) is 0.562. The number of carbonyl (C=O) groups is 1. The van der Waals surface area contributed by atoms with Crippen LogP contribution in [0.25, 0.3) is 0 Å². The van der Waals surface area contributed by atoms with Crippen LogP contribution in [0.3, 0.4) is 0 Å². The number of esters is 1. The molecule has 0 aromatic heterocycles. The maximum atomic E-state index is 11.7. The van der Waals surface area contributed by atoms with Crippen LogP contribution in [0.1, 0.15) is 24.8 Å². The van der Waals surface area contributed by atoms with Crippen LogP contribution in [0.15, 0.2) is 30.3 Å². The van der Waals surface area contributed by atoms with Crippen LogP contribution in [-0.4, -0.2) is 31.3 Å². The van der Waals surface area contributed by atoms with Crippen molar-refractivity contribution in [3.05, 3.63) is 35.9 Å². The number of hydrazine groups is 1. The van der Waals surface area contributed by atoms with Crippen LogP contribution in [0, 0.1) is 5.92 Å². The minimum Gasteiger partial charge on any atom is -0.468 e. The molecule has 0 bridgehead atoms. The SMILES string of the molecule is COC(=O)C1NNC2CC(OCc3ccccc3)CCC21. The van der Waals surface area contributed by atoms with Gasteiger partial charge in [-0.05, 0) is 24.8 Å². The Bertz CT molecular complexity index is 480. The Hall–Kier alpha value is -1.43. The van der Waals surface area contributed by atoms with Gasteiger partial charge in [0.2, 0.25) is 0 Å². The van der Waals surface area contributed by atoms with E-state index in [0.29, 0.717) is 12.5 Å². The summed E-state index contributed by atoms with van der Waals surface area (Å²) in [5.74, 6) is 0.118. The fourth-order valence-corrected chi connectivity index (χ4v) is 3.32. The number of benzene rings is 1. The van der Waals surface area contributed by atoms with E-state index >= 15 is 0 Å². The zero-order chi connectivity index (χ0) is 14.7. The monoisotopic (exact) mass is 290 g/mol. The van der Waals surface area contributed by atoms with Crippen LogP contribution >= 0.6 is 0 Å². The van der Waals surface area contributed by atoms with Gasteiger partial charge in [-0.2, -0.15) is 0 Å². The van der Waals surface area contributed by atoms with Crippen LogP contribution in [0.4, 0.5) is 0 Å². The molecular weight excluding hydrogens is 268 g/mol. The number of rotatable bonds is 4. The van der Waals surface area contributed by atoms with Gasteiger partial charge in [0.05, 0.1) is 19.8 Å². The van der Waals surface area contributed by atoms with E-state index in [0.717, 1.165) is 19.3 Å². The third-order valence-electron chi connectivity index (χ3n) is 4.49. The highest BCUT2D eigenvalue weighted by atomic mass is 16.5. The van der Waals surface area contributed by atoms with E-state index in [9.17, 15) is 4.79 Å². The van der Waals surface area contributed by atoms with E-state index in [1.54, 1.807) is 0 Å². The van der Waals surface area contributed by atoms with E-state index in [-0.39, 0.29) is 24.2 Å². The standard InChI is InChI=1S/C16H22N2O3/c1-20-16(19)15-13-8-7-12(9-14(13)17-18-15)21-10-11-5-3-2-4-6-11/h2-6,12-15,17-18H,7-10H2,1H3. The first-order valence-corrected chi connectivity index (χ1v) is 7.52. The summed E-state index contributed by atoms with van der Waals surface area (Å²) < 4.78 is 10.9. The predicted octanol–water partition coefficient (Wildman–Crippen LogP) is 1.39. The Morgan fingerprint density at radius 3 is 2.81 bits per heavy atom. The molecule has 1 aliphatic heterocycles. The van der Waals surface area contributed by atoms with Gasteiger partial charge in [-0.15, -0.1) is 0 Å². The number of carbonyl (C=O) groups excluding carboxylic acids is 1. The van der Waals surface area contributed by atoms with Crippen molar-refractivity contribution in [2.75, 3.05) is 7.11 Å². The first-order chi connectivity index (χ1) is 10.3. The summed E-state index contributed by atoms with van der Waals surface area (Å²) in [4.78, 5) is 11.7. The molecule has 1 heterocycles. The van der Waals surface area contributed by atoms with E-state index in [1.165, 1.54) is 12.7 Å². The van der Waals surface area contributed by atoms with E-state index in [2.05, 4.69) is 23.0 Å². The summed E-state index contributed by atoms with van der Waals surface area (Å²) in [7, 11) is 1.44. The molecule has 21 heavy (non-hydrogen) atoms. The van der Waals surface area contributed by atoms with Crippen molar-refractivity contribution in [3.63, 3.8) is 0 Å². The number of nitrogens with one attached hydrogen (secondary N) is 2. The molecule has 3 rings (SSSR count). The number of fused-ring (bicyclic) bond motifs is 1. The van der Waals surface area contributed by atoms with Crippen molar-refractivity contribution in [1.29, 1.82) is 0 Å². The van der Waals surface area contributed by atoms with Crippen molar-refractivity contribution in [3.8, 4) is 0 Å². The number of ether oxygens (including phenoxy) is 2. The lowest BCUT2D eigenvalue weighted by Gasteiger charge is -2.32. The topological polar surface area (TPSA) is 59.6 Å². The summed E-state index contributed by atoms with van der Waals surface area (Å²) in [6, 6.07) is 10.3. The summed E-state index contributed by atoms with van der Waals surface area (Å²) in [5.41, 5.74) is 7.48. The average molecular weight is 290 g/mol. The third kappa shape index (κ3) is 3.26. The fourth-order valence-electron chi connectivity index (χ4n) is 3.32. The van der Waals surface area contributed by atoms with E-state index in [4.69, 9.17) is 9.47 Å². The highest BCUT2D eigenvalue weighted by Crippen LogP contribution is 2.32. The Morgan fingerprint density at radius 2 is 2.05 bits per heavy atom. The number of hydrogen-bond acceptors (Lipinski definition) is 5. The molecule has 0 radical (unpaired) electrons. The van der Waals surface area contributed by atoms with Crippen molar-refractivity contribution >= 4 is 5.97 Å². The van der Waals surface area contributed by atoms with E-state index in [1.807, 2.05) is 18.2 Å². The first kappa shape index (κ1) is 14.5. The van der Waals surface area contributed by atoms with Gasteiger partial charge < -0.3 is 9.47 Å². The van der Waals surface area contributed by atoms with Gasteiger partial charge in [0.15, 0.2) is 0 Å². The summed E-state index contributed by atoms with van der Waals surface area (Å²) in [6.45, 7) is 0.650. The van der Waals surface area contributed by atoms with Crippen LogP contribution in [0.2, 0.25) is 0 Å². The molecule has 4 unspecified atom stereocenters. The lowest BCUT2D eigenvalue weighted by molar-refractivity contribution is -0.144. The first-order valence-electron chi connectivity index (χ1n) is 7.52. The maximum absolute atomic E-state index is 11.7. The molecule has 2 fully saturated rings. The molecule has 1 aromatic rings. The van der Waals surface area contributed by atoms with Gasteiger partial charge in [-0.3, -0.25) is 10.2 Å². The molecular formula is C16H22N2O3. The summed E-state index contributed by atoms with van der Waals surface area (Å²) in [5, 5.41) is 0. The Morgan fingerprint density at radius 1 is 1.24 bits per heavy atom. The molecule has 5 nitrogen and oxygen atoms in total. The Balaban J connectivity index is 1.51. The second-order valence-corrected chi connectivity index (χ2v) is 5.79. The van der Waals surface area contributed by atoms with Crippen LogP contribution in [-0.2, 0) is 20.9 Å². The third-order valence-corrected chi connectivity index (χ3v) is 4.49. The maximum Gasteiger partial charge on any atom is 0.324 e. The van der Waals surface area contributed by atoms with E-state index < -0.39 is 0 Å². The normalized spacial score (nSPS) is 31.7. The molecule has 2 N–H and O–H groups in total. The lowest BCUT2D eigenvalue weighted by atomic mass is 9.80. The molecule has 1 aromatic carbocycles. The molecule has 2 aliphatic rings. The molecule has 4 atom stereocenters. The minimum absolute atomic E-state index is 0.182. The van der Waals surface area contributed by atoms with Gasteiger partial charge in [0.1, 0.15) is 6.04 Å². The second kappa shape index (κ2) is 6.56. The lowest BCUT2D eigenvalue weighted by Crippen LogP contribution is -2.40. The highest BCUT2D eigenvalue weighted by molar-refractivity contribution is 5.76. The molecule has 0 amide bonds. The molecule has 0 spiro atoms. The number of methoxy groups -OCH3 is 1. The van der Waals surface area contributed by atoms with Crippen LogP contribution in [0.5, 0.6) is 0 Å². The smallest absolute Gasteiger partial charge is 0.324 e. The average Bonchev–Trinajstić information content (AvgIpc) is 2.96.